The van der Waals surface area contributed by atoms with Crippen LogP contribution < -0.4 is 0 Å². The van der Waals surface area contributed by atoms with Crippen molar-refractivity contribution in [2.45, 2.75) is 26.3 Å². The number of hydrogen-bond donors (Lipinski definition) is 0. The van der Waals surface area contributed by atoms with Gasteiger partial charge in [-0.1, -0.05) is 0 Å². The molecule has 86 valence electrons. The predicted molar refractivity (Wildman–Crippen MR) is 64.8 cm³/mol. The number of aromatic nitrogens is 2. The van der Waals surface area contributed by atoms with Gasteiger partial charge in [0.2, 0.25) is 0 Å². The molecule has 0 unspecified atom stereocenters. The second-order valence-electron chi connectivity index (χ2n) is 4.91. The van der Waals surface area contributed by atoms with Crippen LogP contribution in [0, 0.1) is 11.3 Å². The van der Waals surface area contributed by atoms with Crippen LogP contribution in [0.1, 0.15) is 36.7 Å². The predicted octanol–water partition coefficient (Wildman–Crippen LogP) is 2.48. The van der Waals surface area contributed by atoms with Crippen LogP contribution in [-0.4, -0.2) is 15.8 Å². The number of aldehydes is 1. The molecule has 0 atom stereocenters. The molecular formula is C13H13N3O. The van der Waals surface area contributed by atoms with E-state index in [2.05, 4.69) is 11.1 Å². The zero-order chi connectivity index (χ0) is 12.6. The van der Waals surface area contributed by atoms with Crippen molar-refractivity contribution in [1.29, 1.82) is 5.26 Å². The summed E-state index contributed by atoms with van der Waals surface area (Å²) in [6, 6.07) is 3.75. The van der Waals surface area contributed by atoms with Gasteiger partial charge in [-0.15, -0.1) is 0 Å². The molecule has 2 rings (SSSR count). The molecule has 0 aliphatic heterocycles. The number of hydrogen-bond acceptors (Lipinski definition) is 3. The third kappa shape index (κ3) is 1.70. The highest BCUT2D eigenvalue weighted by Gasteiger charge is 2.20. The van der Waals surface area contributed by atoms with E-state index in [1.807, 2.05) is 25.3 Å². The summed E-state index contributed by atoms with van der Waals surface area (Å²) in [6.45, 7) is 6.09. The van der Waals surface area contributed by atoms with Gasteiger partial charge in [0.15, 0.2) is 6.29 Å². The van der Waals surface area contributed by atoms with Crippen molar-refractivity contribution in [2.75, 3.05) is 0 Å². The van der Waals surface area contributed by atoms with E-state index in [1.165, 1.54) is 0 Å². The minimum Gasteiger partial charge on any atom is -0.326 e. The first-order valence-corrected chi connectivity index (χ1v) is 5.35. The van der Waals surface area contributed by atoms with Gasteiger partial charge in [0, 0.05) is 28.9 Å². The minimum absolute atomic E-state index is 0.179. The van der Waals surface area contributed by atoms with Gasteiger partial charge in [-0.05, 0) is 26.8 Å². The summed E-state index contributed by atoms with van der Waals surface area (Å²) in [5, 5.41) is 9.77. The molecule has 0 fully saturated rings. The molecule has 2 aromatic rings. The number of fused-ring (bicyclic) bond motifs is 1. The highest BCUT2D eigenvalue weighted by atomic mass is 16.1. The fourth-order valence-corrected chi connectivity index (χ4v) is 1.87. The van der Waals surface area contributed by atoms with E-state index < -0.39 is 0 Å². The number of carbonyl (C=O) groups excluding carboxylic acids is 1. The van der Waals surface area contributed by atoms with Gasteiger partial charge in [0.25, 0.3) is 0 Å². The number of pyridine rings is 1. The van der Waals surface area contributed by atoms with E-state index >= 15 is 0 Å². The maximum atomic E-state index is 11.0. The summed E-state index contributed by atoms with van der Waals surface area (Å²) >= 11 is 0. The summed E-state index contributed by atoms with van der Waals surface area (Å²) in [4.78, 5) is 15.3. The Morgan fingerprint density at radius 3 is 2.71 bits per heavy atom. The monoisotopic (exact) mass is 227 g/mol. The second kappa shape index (κ2) is 3.70. The maximum Gasteiger partial charge on any atom is 0.150 e. The van der Waals surface area contributed by atoms with Crippen molar-refractivity contribution >= 4 is 17.3 Å². The standard InChI is InChI=1S/C13H13N3O/c1-13(2,3)16-7-10(6-14)11-9(8-17)4-5-15-12(11)16/h4-5,7-8H,1-3H3. The Morgan fingerprint density at radius 2 is 2.18 bits per heavy atom. The molecule has 0 radical (unpaired) electrons. The van der Waals surface area contributed by atoms with E-state index in [0.29, 0.717) is 22.2 Å². The first-order valence-electron chi connectivity index (χ1n) is 5.35. The largest absolute Gasteiger partial charge is 0.326 e. The van der Waals surface area contributed by atoms with Crippen molar-refractivity contribution in [3.8, 4) is 6.07 Å². The van der Waals surface area contributed by atoms with Crippen LogP contribution in [0.25, 0.3) is 11.0 Å². The van der Waals surface area contributed by atoms with Gasteiger partial charge in [-0.25, -0.2) is 4.98 Å². The van der Waals surface area contributed by atoms with Crippen LogP contribution >= 0.6 is 0 Å². The molecule has 0 saturated heterocycles. The average Bonchev–Trinajstić information content (AvgIpc) is 2.67. The zero-order valence-corrected chi connectivity index (χ0v) is 10.1. The van der Waals surface area contributed by atoms with Gasteiger partial charge in [0.05, 0.1) is 5.56 Å². The van der Waals surface area contributed by atoms with Crippen LogP contribution in [0.2, 0.25) is 0 Å². The number of rotatable bonds is 1. The van der Waals surface area contributed by atoms with Crippen molar-refractivity contribution < 1.29 is 4.79 Å². The first kappa shape index (κ1) is 11.3. The molecule has 4 nitrogen and oxygen atoms in total. The smallest absolute Gasteiger partial charge is 0.150 e. The molecule has 0 saturated carbocycles. The SMILES string of the molecule is CC(C)(C)n1cc(C#N)c2c(C=O)ccnc21. The number of carbonyl (C=O) groups is 1. The number of nitriles is 1. The van der Waals surface area contributed by atoms with Gasteiger partial charge in [0.1, 0.15) is 11.7 Å². The van der Waals surface area contributed by atoms with Crippen molar-refractivity contribution in [2.24, 2.45) is 0 Å². The lowest BCUT2D eigenvalue weighted by Crippen LogP contribution is -2.20. The fraction of sp³-hybridized carbons (Fsp3) is 0.308. The van der Waals surface area contributed by atoms with Crippen LogP contribution in [0.3, 0.4) is 0 Å². The highest BCUT2D eigenvalue weighted by molar-refractivity contribution is 5.98. The molecule has 0 bridgehead atoms. The molecule has 0 aliphatic rings. The number of nitrogens with zero attached hydrogens (tertiary/aromatic N) is 3. The Morgan fingerprint density at radius 1 is 1.47 bits per heavy atom. The summed E-state index contributed by atoms with van der Waals surface area (Å²) < 4.78 is 1.92. The quantitative estimate of drug-likeness (QED) is 0.703. The third-order valence-electron chi connectivity index (χ3n) is 2.69. The minimum atomic E-state index is -0.179. The average molecular weight is 227 g/mol. The van der Waals surface area contributed by atoms with E-state index in [0.717, 1.165) is 6.29 Å². The van der Waals surface area contributed by atoms with Gasteiger partial charge in [-0.2, -0.15) is 5.26 Å². The Labute approximate surface area is 99.5 Å². The molecule has 2 heterocycles. The Bertz CT molecular complexity index is 626. The highest BCUT2D eigenvalue weighted by Crippen LogP contribution is 2.27. The Hall–Kier alpha value is -2.15. The molecule has 17 heavy (non-hydrogen) atoms. The third-order valence-corrected chi connectivity index (χ3v) is 2.69. The Balaban J connectivity index is 2.93. The molecular weight excluding hydrogens is 214 g/mol. The van der Waals surface area contributed by atoms with Crippen LogP contribution in [0.5, 0.6) is 0 Å². The topological polar surface area (TPSA) is 58.7 Å². The molecule has 0 amide bonds. The summed E-state index contributed by atoms with van der Waals surface area (Å²) in [5.74, 6) is 0. The Kier molecular flexibility index (Phi) is 2.47. The summed E-state index contributed by atoms with van der Waals surface area (Å²) in [6.07, 6.45) is 4.11. The first-order chi connectivity index (χ1) is 7.99. The lowest BCUT2D eigenvalue weighted by atomic mass is 10.1. The van der Waals surface area contributed by atoms with Crippen molar-refractivity contribution in [1.82, 2.24) is 9.55 Å². The summed E-state index contributed by atoms with van der Waals surface area (Å²) in [7, 11) is 0. The molecule has 0 N–H and O–H groups in total. The normalized spacial score (nSPS) is 11.4. The van der Waals surface area contributed by atoms with Crippen molar-refractivity contribution in [3.63, 3.8) is 0 Å². The molecule has 0 aliphatic carbocycles. The van der Waals surface area contributed by atoms with Crippen LogP contribution in [0.4, 0.5) is 0 Å². The van der Waals surface area contributed by atoms with Gasteiger partial charge in [-0.3, -0.25) is 4.79 Å². The van der Waals surface area contributed by atoms with E-state index in [-0.39, 0.29) is 5.54 Å². The molecule has 2 aromatic heterocycles. The van der Waals surface area contributed by atoms with Crippen LogP contribution in [-0.2, 0) is 5.54 Å². The van der Waals surface area contributed by atoms with Crippen molar-refractivity contribution in [3.05, 3.63) is 29.6 Å². The maximum absolute atomic E-state index is 11.0. The lowest BCUT2D eigenvalue weighted by Gasteiger charge is -2.21. The van der Waals surface area contributed by atoms with E-state index in [9.17, 15) is 4.79 Å². The second-order valence-corrected chi connectivity index (χ2v) is 4.91. The summed E-state index contributed by atoms with van der Waals surface area (Å²) in [5.41, 5.74) is 1.50. The van der Waals surface area contributed by atoms with E-state index in [4.69, 9.17) is 5.26 Å². The van der Waals surface area contributed by atoms with Crippen LogP contribution in [0.15, 0.2) is 18.5 Å². The lowest BCUT2D eigenvalue weighted by molar-refractivity contribution is 0.112. The van der Waals surface area contributed by atoms with E-state index in [1.54, 1.807) is 18.5 Å². The zero-order valence-electron chi connectivity index (χ0n) is 10.1. The molecule has 0 spiro atoms. The molecule has 0 aromatic carbocycles. The molecule has 4 heteroatoms. The van der Waals surface area contributed by atoms with Gasteiger partial charge >= 0.3 is 0 Å². The fourth-order valence-electron chi connectivity index (χ4n) is 1.87. The van der Waals surface area contributed by atoms with Gasteiger partial charge < -0.3 is 4.57 Å².